The fourth-order valence-corrected chi connectivity index (χ4v) is 3.78. The standard InChI is InChI=1S/C21H24N4O/c1-15-13-23-21-20(15)19(6-7-22-21)18-5-3-4-17(12-18)14-24-8-10-25(11-9-24)16(2)26/h3-7,12-13H,8-11,14H2,1-2H3,(H,22,23). The topological polar surface area (TPSA) is 52.2 Å². The van der Waals surface area contributed by atoms with Gasteiger partial charge in [0.25, 0.3) is 0 Å². The van der Waals surface area contributed by atoms with E-state index in [0.29, 0.717) is 0 Å². The van der Waals surface area contributed by atoms with Crippen molar-refractivity contribution in [1.29, 1.82) is 0 Å². The molecule has 1 aliphatic rings. The Kier molecular flexibility index (Phi) is 4.47. The van der Waals surface area contributed by atoms with E-state index in [1.165, 1.54) is 27.6 Å². The quantitative estimate of drug-likeness (QED) is 0.791. The second kappa shape index (κ2) is 6.92. The highest BCUT2D eigenvalue weighted by Crippen LogP contribution is 2.30. The van der Waals surface area contributed by atoms with Gasteiger partial charge >= 0.3 is 0 Å². The minimum atomic E-state index is 0.176. The average molecular weight is 348 g/mol. The highest BCUT2D eigenvalue weighted by molar-refractivity contribution is 5.95. The van der Waals surface area contributed by atoms with E-state index >= 15 is 0 Å². The van der Waals surface area contributed by atoms with Crippen LogP contribution in [0, 0.1) is 6.92 Å². The van der Waals surface area contributed by atoms with Gasteiger partial charge in [0.15, 0.2) is 0 Å². The monoisotopic (exact) mass is 348 g/mol. The van der Waals surface area contributed by atoms with Crippen LogP contribution < -0.4 is 0 Å². The number of aromatic nitrogens is 2. The van der Waals surface area contributed by atoms with E-state index in [1.807, 2.05) is 17.3 Å². The zero-order chi connectivity index (χ0) is 18.1. The molecule has 0 radical (unpaired) electrons. The molecule has 1 fully saturated rings. The third kappa shape index (κ3) is 3.22. The number of H-pyrrole nitrogens is 1. The van der Waals surface area contributed by atoms with Gasteiger partial charge in [-0.3, -0.25) is 9.69 Å². The molecule has 0 bridgehead atoms. The Morgan fingerprint density at radius 2 is 2.00 bits per heavy atom. The number of nitrogens with zero attached hydrogens (tertiary/aromatic N) is 3. The first-order valence-electron chi connectivity index (χ1n) is 9.11. The Hall–Kier alpha value is -2.66. The molecule has 0 atom stereocenters. The summed E-state index contributed by atoms with van der Waals surface area (Å²) in [5.74, 6) is 0.176. The Labute approximate surface area is 153 Å². The normalized spacial score (nSPS) is 15.5. The van der Waals surface area contributed by atoms with Gasteiger partial charge in [0.05, 0.1) is 0 Å². The van der Waals surface area contributed by atoms with E-state index in [4.69, 9.17) is 0 Å². The molecule has 134 valence electrons. The fraction of sp³-hybridized carbons (Fsp3) is 0.333. The SMILES string of the molecule is CC(=O)N1CCN(Cc2cccc(-c3ccnc4[nH]cc(C)c34)c2)CC1. The molecule has 0 saturated carbocycles. The lowest BCUT2D eigenvalue weighted by molar-refractivity contribution is -0.130. The van der Waals surface area contributed by atoms with Crippen molar-refractivity contribution >= 4 is 16.9 Å². The van der Waals surface area contributed by atoms with Crippen molar-refractivity contribution in [2.45, 2.75) is 20.4 Å². The maximum atomic E-state index is 11.5. The summed E-state index contributed by atoms with van der Waals surface area (Å²) in [6.45, 7) is 8.19. The summed E-state index contributed by atoms with van der Waals surface area (Å²) in [4.78, 5) is 23.5. The Bertz CT molecular complexity index is 938. The molecule has 1 aromatic carbocycles. The maximum Gasteiger partial charge on any atom is 0.219 e. The second-order valence-corrected chi connectivity index (χ2v) is 7.04. The molecule has 1 saturated heterocycles. The first kappa shape index (κ1) is 16.8. The Balaban J connectivity index is 1.56. The van der Waals surface area contributed by atoms with Gasteiger partial charge in [-0.2, -0.15) is 0 Å². The van der Waals surface area contributed by atoms with Crippen LogP contribution in [0.3, 0.4) is 0 Å². The fourth-order valence-electron chi connectivity index (χ4n) is 3.78. The van der Waals surface area contributed by atoms with Gasteiger partial charge in [-0.15, -0.1) is 0 Å². The van der Waals surface area contributed by atoms with Crippen LogP contribution in [-0.4, -0.2) is 51.9 Å². The summed E-state index contributed by atoms with van der Waals surface area (Å²) < 4.78 is 0. The molecule has 1 N–H and O–H groups in total. The van der Waals surface area contributed by atoms with Gasteiger partial charge in [-0.05, 0) is 41.3 Å². The number of rotatable bonds is 3. The number of piperazine rings is 1. The van der Waals surface area contributed by atoms with Crippen LogP contribution in [0.15, 0.2) is 42.7 Å². The van der Waals surface area contributed by atoms with Crippen molar-refractivity contribution in [2.24, 2.45) is 0 Å². The van der Waals surface area contributed by atoms with Crippen LogP contribution in [-0.2, 0) is 11.3 Å². The van der Waals surface area contributed by atoms with Crippen LogP contribution in [0.25, 0.3) is 22.2 Å². The molecule has 5 nitrogen and oxygen atoms in total. The highest BCUT2D eigenvalue weighted by atomic mass is 16.2. The molecule has 0 spiro atoms. The molecule has 5 heteroatoms. The lowest BCUT2D eigenvalue weighted by Crippen LogP contribution is -2.47. The minimum Gasteiger partial charge on any atom is -0.346 e. The number of benzene rings is 1. The van der Waals surface area contributed by atoms with Gasteiger partial charge in [-0.1, -0.05) is 18.2 Å². The summed E-state index contributed by atoms with van der Waals surface area (Å²) in [6, 6.07) is 10.8. The van der Waals surface area contributed by atoms with Crippen LogP contribution in [0.4, 0.5) is 0 Å². The van der Waals surface area contributed by atoms with Gasteiger partial charge in [0, 0.05) is 57.4 Å². The maximum absolute atomic E-state index is 11.5. The third-order valence-electron chi connectivity index (χ3n) is 5.23. The Morgan fingerprint density at radius 3 is 2.77 bits per heavy atom. The van der Waals surface area contributed by atoms with Crippen LogP contribution in [0.1, 0.15) is 18.1 Å². The highest BCUT2D eigenvalue weighted by Gasteiger charge is 2.18. The van der Waals surface area contributed by atoms with Gasteiger partial charge in [0.1, 0.15) is 5.65 Å². The number of aromatic amines is 1. The number of amides is 1. The van der Waals surface area contributed by atoms with Crippen molar-refractivity contribution in [1.82, 2.24) is 19.8 Å². The molecular formula is C21H24N4O. The van der Waals surface area contributed by atoms with Gasteiger partial charge < -0.3 is 9.88 Å². The summed E-state index contributed by atoms with van der Waals surface area (Å²) in [5, 5.41) is 1.19. The summed E-state index contributed by atoms with van der Waals surface area (Å²) in [5.41, 5.74) is 5.90. The van der Waals surface area contributed by atoms with Crippen molar-refractivity contribution in [3.05, 3.63) is 53.9 Å². The predicted octanol–water partition coefficient (Wildman–Crippen LogP) is 3.20. The number of carbonyl (C=O) groups is 1. The van der Waals surface area contributed by atoms with Crippen LogP contribution in [0.5, 0.6) is 0 Å². The molecule has 26 heavy (non-hydrogen) atoms. The van der Waals surface area contributed by atoms with E-state index in [2.05, 4.69) is 52.1 Å². The summed E-state index contributed by atoms with van der Waals surface area (Å²) >= 11 is 0. The van der Waals surface area contributed by atoms with E-state index in [1.54, 1.807) is 6.92 Å². The zero-order valence-electron chi connectivity index (χ0n) is 15.3. The number of carbonyl (C=O) groups excluding carboxylic acids is 1. The molecule has 0 aliphatic carbocycles. The van der Waals surface area contributed by atoms with E-state index in [0.717, 1.165) is 38.4 Å². The van der Waals surface area contributed by atoms with Crippen molar-refractivity contribution in [3.8, 4) is 11.1 Å². The number of fused-ring (bicyclic) bond motifs is 1. The van der Waals surface area contributed by atoms with Crippen LogP contribution >= 0.6 is 0 Å². The van der Waals surface area contributed by atoms with E-state index in [-0.39, 0.29) is 5.91 Å². The lowest BCUT2D eigenvalue weighted by atomic mass is 9.99. The molecule has 0 unspecified atom stereocenters. The largest absolute Gasteiger partial charge is 0.346 e. The molecule has 3 heterocycles. The van der Waals surface area contributed by atoms with Crippen LogP contribution in [0.2, 0.25) is 0 Å². The molecule has 1 aliphatic heterocycles. The zero-order valence-corrected chi connectivity index (χ0v) is 15.3. The smallest absolute Gasteiger partial charge is 0.219 e. The van der Waals surface area contributed by atoms with Gasteiger partial charge in [0.2, 0.25) is 5.91 Å². The number of pyridine rings is 1. The van der Waals surface area contributed by atoms with Crippen molar-refractivity contribution in [3.63, 3.8) is 0 Å². The summed E-state index contributed by atoms with van der Waals surface area (Å²) in [7, 11) is 0. The number of hydrogen-bond acceptors (Lipinski definition) is 3. The predicted molar refractivity (Wildman–Crippen MR) is 104 cm³/mol. The molecular weight excluding hydrogens is 324 g/mol. The van der Waals surface area contributed by atoms with Crippen molar-refractivity contribution < 1.29 is 4.79 Å². The average Bonchev–Trinajstić information content (AvgIpc) is 3.04. The molecule has 3 aromatic rings. The molecule has 2 aromatic heterocycles. The van der Waals surface area contributed by atoms with Gasteiger partial charge in [-0.25, -0.2) is 4.98 Å². The lowest BCUT2D eigenvalue weighted by Gasteiger charge is -2.34. The summed E-state index contributed by atoms with van der Waals surface area (Å²) in [6.07, 6.45) is 3.88. The molecule has 1 amide bonds. The minimum absolute atomic E-state index is 0.176. The first-order chi connectivity index (χ1) is 12.6. The number of nitrogens with one attached hydrogen (secondary N) is 1. The first-order valence-corrected chi connectivity index (χ1v) is 9.11. The third-order valence-corrected chi connectivity index (χ3v) is 5.23. The van der Waals surface area contributed by atoms with E-state index < -0.39 is 0 Å². The molecule has 4 rings (SSSR count). The van der Waals surface area contributed by atoms with Crippen molar-refractivity contribution in [2.75, 3.05) is 26.2 Å². The van der Waals surface area contributed by atoms with E-state index in [9.17, 15) is 4.79 Å². The number of hydrogen-bond donors (Lipinski definition) is 1. The Morgan fingerprint density at radius 1 is 1.19 bits per heavy atom. The second-order valence-electron chi connectivity index (χ2n) is 7.04. The number of aryl methyl sites for hydroxylation is 1.